The van der Waals surface area contributed by atoms with Crippen LogP contribution in [0.15, 0.2) is 24.3 Å². The van der Waals surface area contributed by atoms with Crippen molar-refractivity contribution < 1.29 is 28.6 Å². The third-order valence-electron chi connectivity index (χ3n) is 16.7. The van der Waals surface area contributed by atoms with Gasteiger partial charge in [-0.1, -0.05) is 347 Å². The summed E-state index contributed by atoms with van der Waals surface area (Å²) in [6, 6.07) is 0. The van der Waals surface area contributed by atoms with Gasteiger partial charge < -0.3 is 14.2 Å². The van der Waals surface area contributed by atoms with Crippen LogP contribution >= 0.6 is 0 Å². The van der Waals surface area contributed by atoms with Crippen LogP contribution in [0.3, 0.4) is 0 Å². The molecule has 6 nitrogen and oxygen atoms in total. The first-order chi connectivity index (χ1) is 39.5. The lowest BCUT2D eigenvalue weighted by Gasteiger charge is -2.18. The monoisotopic (exact) mass is 1130 g/mol. The zero-order valence-electron chi connectivity index (χ0n) is 54.4. The molecule has 0 radical (unpaired) electrons. The van der Waals surface area contributed by atoms with Gasteiger partial charge in [0.25, 0.3) is 0 Å². The molecule has 80 heavy (non-hydrogen) atoms. The highest BCUT2D eigenvalue weighted by molar-refractivity contribution is 5.71. The van der Waals surface area contributed by atoms with Crippen LogP contribution in [0, 0.1) is 0 Å². The molecule has 0 aromatic heterocycles. The standard InChI is InChI=1S/C74H140O6/c1-4-7-10-13-16-19-22-25-27-29-31-33-34-35-36-37-38-39-40-42-43-45-47-49-52-55-58-61-64-67-73(76)79-70-71(69-78-72(75)66-63-60-57-54-51-24-21-18-15-12-9-6-3)80-74(77)68-65-62-59-56-53-50-48-46-44-41-32-30-28-26-23-20-17-14-11-8-5-2/h18,21,30,32,71H,4-17,19-20,22-29,31,33-70H2,1-3H3/b21-18-,32-30-. The number of carbonyl (C=O) groups is 3. The average Bonchev–Trinajstić information content (AvgIpc) is 3.46. The highest BCUT2D eigenvalue weighted by Gasteiger charge is 2.19. The summed E-state index contributed by atoms with van der Waals surface area (Å²) in [4.78, 5) is 38.4. The van der Waals surface area contributed by atoms with Crippen molar-refractivity contribution in [3.8, 4) is 0 Å². The predicted molar refractivity (Wildman–Crippen MR) is 349 cm³/mol. The summed E-state index contributed by atoms with van der Waals surface area (Å²) in [5.41, 5.74) is 0. The fourth-order valence-electron chi connectivity index (χ4n) is 11.2. The normalized spacial score (nSPS) is 12.1. The minimum absolute atomic E-state index is 0.0694. The van der Waals surface area contributed by atoms with Gasteiger partial charge in [0.15, 0.2) is 6.10 Å². The molecule has 0 spiro atoms. The summed E-state index contributed by atoms with van der Waals surface area (Å²) in [7, 11) is 0. The van der Waals surface area contributed by atoms with Gasteiger partial charge in [-0.25, -0.2) is 0 Å². The van der Waals surface area contributed by atoms with E-state index in [0.29, 0.717) is 19.3 Å². The van der Waals surface area contributed by atoms with Gasteiger partial charge in [0, 0.05) is 19.3 Å². The molecule has 0 aliphatic heterocycles. The van der Waals surface area contributed by atoms with Crippen LogP contribution in [0.4, 0.5) is 0 Å². The fraction of sp³-hybridized carbons (Fsp3) is 0.905. The zero-order valence-corrected chi connectivity index (χ0v) is 54.4. The van der Waals surface area contributed by atoms with Crippen molar-refractivity contribution >= 4 is 17.9 Å². The predicted octanol–water partition coefficient (Wildman–Crippen LogP) is 25.0. The first-order valence-electron chi connectivity index (χ1n) is 36.3. The molecular weight excluding hydrogens is 985 g/mol. The Morgan fingerprint density at radius 3 is 0.650 bits per heavy atom. The number of rotatable bonds is 68. The molecule has 1 unspecified atom stereocenters. The molecule has 0 aliphatic carbocycles. The average molecular weight is 1130 g/mol. The number of carbonyl (C=O) groups excluding carboxylic acids is 3. The summed E-state index contributed by atoms with van der Waals surface area (Å²) in [5.74, 6) is -0.851. The largest absolute Gasteiger partial charge is 0.462 e. The Hall–Kier alpha value is -2.11. The van der Waals surface area contributed by atoms with E-state index in [9.17, 15) is 14.4 Å². The summed E-state index contributed by atoms with van der Waals surface area (Å²) in [6.07, 6.45) is 85.1. The van der Waals surface area contributed by atoms with E-state index in [1.165, 1.54) is 308 Å². The van der Waals surface area contributed by atoms with E-state index in [1.807, 2.05) is 0 Å². The van der Waals surface area contributed by atoms with Crippen molar-refractivity contribution in [1.82, 2.24) is 0 Å². The third-order valence-corrected chi connectivity index (χ3v) is 16.7. The Labute approximate surface area is 500 Å². The number of esters is 3. The molecule has 0 saturated carbocycles. The van der Waals surface area contributed by atoms with Gasteiger partial charge in [-0.05, 0) is 70.6 Å². The zero-order chi connectivity index (χ0) is 57.8. The Morgan fingerprint density at radius 2 is 0.412 bits per heavy atom. The molecule has 0 aliphatic rings. The van der Waals surface area contributed by atoms with Crippen molar-refractivity contribution in [3.05, 3.63) is 24.3 Å². The van der Waals surface area contributed by atoms with Gasteiger partial charge in [0.2, 0.25) is 0 Å². The first-order valence-corrected chi connectivity index (χ1v) is 36.3. The van der Waals surface area contributed by atoms with Crippen molar-refractivity contribution in [2.24, 2.45) is 0 Å². The van der Waals surface area contributed by atoms with Crippen LogP contribution in [0.5, 0.6) is 0 Å². The van der Waals surface area contributed by atoms with Crippen LogP contribution in [0.25, 0.3) is 0 Å². The summed E-state index contributed by atoms with van der Waals surface area (Å²) in [6.45, 7) is 6.69. The van der Waals surface area contributed by atoms with E-state index in [2.05, 4.69) is 45.1 Å². The third kappa shape index (κ3) is 66.7. The molecule has 0 saturated heterocycles. The molecule has 0 bridgehead atoms. The molecule has 6 heteroatoms. The van der Waals surface area contributed by atoms with Gasteiger partial charge in [-0.3, -0.25) is 14.4 Å². The number of allylic oxidation sites excluding steroid dienone is 4. The van der Waals surface area contributed by atoms with E-state index < -0.39 is 6.10 Å². The summed E-state index contributed by atoms with van der Waals surface area (Å²) >= 11 is 0. The van der Waals surface area contributed by atoms with Crippen LogP contribution in [0.2, 0.25) is 0 Å². The second kappa shape index (κ2) is 69.4. The van der Waals surface area contributed by atoms with Gasteiger partial charge in [-0.2, -0.15) is 0 Å². The summed E-state index contributed by atoms with van der Waals surface area (Å²) in [5, 5.41) is 0. The van der Waals surface area contributed by atoms with Gasteiger partial charge in [-0.15, -0.1) is 0 Å². The van der Waals surface area contributed by atoms with E-state index in [-0.39, 0.29) is 31.1 Å². The maximum absolute atomic E-state index is 12.9. The number of unbranched alkanes of at least 4 members (excludes halogenated alkanes) is 53. The Morgan fingerprint density at radius 1 is 0.237 bits per heavy atom. The minimum Gasteiger partial charge on any atom is -0.462 e. The fourth-order valence-corrected chi connectivity index (χ4v) is 11.2. The lowest BCUT2D eigenvalue weighted by Crippen LogP contribution is -2.30. The molecule has 0 amide bonds. The molecule has 0 heterocycles. The van der Waals surface area contributed by atoms with Gasteiger partial charge in [0.1, 0.15) is 13.2 Å². The van der Waals surface area contributed by atoms with Crippen LogP contribution in [-0.2, 0) is 28.6 Å². The molecular formula is C74H140O6. The smallest absolute Gasteiger partial charge is 0.306 e. The van der Waals surface area contributed by atoms with E-state index >= 15 is 0 Å². The Balaban J connectivity index is 4.15. The highest BCUT2D eigenvalue weighted by atomic mass is 16.6. The second-order valence-corrected chi connectivity index (χ2v) is 24.9. The lowest BCUT2D eigenvalue weighted by atomic mass is 10.0. The highest BCUT2D eigenvalue weighted by Crippen LogP contribution is 2.19. The van der Waals surface area contributed by atoms with Gasteiger partial charge >= 0.3 is 17.9 Å². The second-order valence-electron chi connectivity index (χ2n) is 24.9. The quantitative estimate of drug-likeness (QED) is 0.0261. The maximum Gasteiger partial charge on any atom is 0.306 e. The van der Waals surface area contributed by atoms with Crippen molar-refractivity contribution in [2.75, 3.05) is 13.2 Å². The van der Waals surface area contributed by atoms with Crippen molar-refractivity contribution in [2.45, 2.75) is 419 Å². The van der Waals surface area contributed by atoms with Crippen LogP contribution in [-0.4, -0.2) is 37.2 Å². The maximum atomic E-state index is 12.9. The summed E-state index contributed by atoms with van der Waals surface area (Å²) < 4.78 is 17.0. The Kier molecular flexibility index (Phi) is 67.6. The first kappa shape index (κ1) is 77.9. The Bertz CT molecular complexity index is 1290. The van der Waals surface area contributed by atoms with E-state index in [0.717, 1.165) is 64.2 Å². The van der Waals surface area contributed by atoms with Gasteiger partial charge in [0.05, 0.1) is 0 Å². The lowest BCUT2D eigenvalue weighted by molar-refractivity contribution is -0.167. The molecule has 1 atom stereocenters. The topological polar surface area (TPSA) is 78.9 Å². The van der Waals surface area contributed by atoms with E-state index in [1.54, 1.807) is 0 Å². The molecule has 0 rings (SSSR count). The SMILES string of the molecule is CCCCC/C=C\CCCCCCCC(=O)OCC(COC(=O)CCCCCCCCCCCCCCCCCCCCCCCCCCCCCCC)OC(=O)CCCCCCCCCCC/C=C\CCCCCCCCCC. The molecule has 0 aromatic rings. The van der Waals surface area contributed by atoms with E-state index in [4.69, 9.17) is 14.2 Å². The molecule has 472 valence electrons. The van der Waals surface area contributed by atoms with Crippen LogP contribution in [0.1, 0.15) is 412 Å². The van der Waals surface area contributed by atoms with Crippen molar-refractivity contribution in [1.29, 1.82) is 0 Å². The number of hydrogen-bond acceptors (Lipinski definition) is 6. The molecule has 0 aromatic carbocycles. The van der Waals surface area contributed by atoms with Crippen LogP contribution < -0.4 is 0 Å². The molecule has 0 fully saturated rings. The number of hydrogen-bond donors (Lipinski definition) is 0. The minimum atomic E-state index is -0.774. The molecule has 0 N–H and O–H groups in total. The van der Waals surface area contributed by atoms with Crippen molar-refractivity contribution in [3.63, 3.8) is 0 Å². The number of ether oxygens (including phenoxy) is 3.